The molecule has 0 unspecified atom stereocenters. The van der Waals surface area contributed by atoms with E-state index in [4.69, 9.17) is 21.1 Å². The summed E-state index contributed by atoms with van der Waals surface area (Å²) in [5, 5.41) is 1.29. The first-order valence-electron chi connectivity index (χ1n) is 5.07. The number of hydrogen-bond donors (Lipinski definition) is 1. The van der Waals surface area contributed by atoms with E-state index in [1.54, 1.807) is 12.1 Å². The van der Waals surface area contributed by atoms with Crippen LogP contribution in [-0.2, 0) is 4.79 Å². The van der Waals surface area contributed by atoms with Gasteiger partial charge in [0.2, 0.25) is 0 Å². The molecular weight excluding hydrogens is 242 g/mol. The number of H-pyrrole nitrogens is 1. The highest BCUT2D eigenvalue weighted by Gasteiger charge is 2.14. The Kier molecular flexibility index (Phi) is 2.98. The fourth-order valence-corrected chi connectivity index (χ4v) is 1.98. The van der Waals surface area contributed by atoms with Gasteiger partial charge in [-0.25, -0.2) is 0 Å². The molecule has 1 aromatic carbocycles. The van der Waals surface area contributed by atoms with Crippen molar-refractivity contribution >= 4 is 28.5 Å². The summed E-state index contributed by atoms with van der Waals surface area (Å²) in [6.45, 7) is 3.20. The molecule has 0 aliphatic rings. The zero-order valence-electron chi connectivity index (χ0n) is 9.76. The molecule has 4 nitrogen and oxygen atoms in total. The number of hydrogen-bond acceptors (Lipinski definition) is 3. The molecule has 0 saturated heterocycles. The molecule has 1 aromatic heterocycles. The van der Waals surface area contributed by atoms with Crippen molar-refractivity contribution in [3.05, 3.63) is 22.8 Å². The Morgan fingerprint density at radius 3 is 2.71 bits per heavy atom. The van der Waals surface area contributed by atoms with Crippen molar-refractivity contribution in [1.29, 1.82) is 0 Å². The van der Waals surface area contributed by atoms with Crippen molar-refractivity contribution in [2.45, 2.75) is 13.8 Å². The van der Waals surface area contributed by atoms with E-state index in [1.807, 2.05) is 6.92 Å². The first kappa shape index (κ1) is 11.8. The molecule has 2 aromatic rings. The lowest BCUT2D eigenvalue weighted by Gasteiger charge is -2.04. The SMILES string of the molecule is COc1cc2c(OC(C)=O)c(C)[nH]c2cc1Cl. The number of methoxy groups -OCH3 is 1. The van der Waals surface area contributed by atoms with Crippen molar-refractivity contribution in [2.24, 2.45) is 0 Å². The number of halogens is 1. The zero-order chi connectivity index (χ0) is 12.6. The van der Waals surface area contributed by atoms with Crippen LogP contribution in [0, 0.1) is 6.92 Å². The van der Waals surface area contributed by atoms with E-state index in [0.717, 1.165) is 16.6 Å². The summed E-state index contributed by atoms with van der Waals surface area (Å²) < 4.78 is 10.3. The third-order valence-corrected chi connectivity index (χ3v) is 2.74. The van der Waals surface area contributed by atoms with E-state index in [1.165, 1.54) is 14.0 Å². The molecule has 0 aliphatic carbocycles. The molecule has 0 atom stereocenters. The molecule has 0 saturated carbocycles. The number of aromatic nitrogens is 1. The van der Waals surface area contributed by atoms with Crippen molar-refractivity contribution in [3.63, 3.8) is 0 Å². The van der Waals surface area contributed by atoms with Gasteiger partial charge in [0.15, 0.2) is 5.75 Å². The van der Waals surface area contributed by atoms with Gasteiger partial charge < -0.3 is 14.5 Å². The molecule has 1 N–H and O–H groups in total. The van der Waals surface area contributed by atoms with Gasteiger partial charge in [0, 0.05) is 12.3 Å². The number of benzene rings is 1. The largest absolute Gasteiger partial charge is 0.495 e. The Hall–Kier alpha value is -1.68. The minimum Gasteiger partial charge on any atom is -0.495 e. The molecule has 1 heterocycles. The molecule has 5 heteroatoms. The number of esters is 1. The van der Waals surface area contributed by atoms with Crippen molar-refractivity contribution < 1.29 is 14.3 Å². The third-order valence-electron chi connectivity index (χ3n) is 2.45. The quantitative estimate of drug-likeness (QED) is 0.837. The maximum Gasteiger partial charge on any atom is 0.308 e. The summed E-state index contributed by atoms with van der Waals surface area (Å²) >= 11 is 6.02. The van der Waals surface area contributed by atoms with Crippen LogP contribution >= 0.6 is 11.6 Å². The van der Waals surface area contributed by atoms with E-state index in [0.29, 0.717) is 16.5 Å². The summed E-state index contributed by atoms with van der Waals surface area (Å²) in [5.41, 5.74) is 1.59. The standard InChI is InChI=1S/C12H12ClNO3/c1-6-12(17-7(2)15)8-4-11(16-3)9(13)5-10(8)14-6/h4-5,14H,1-3H3. The first-order valence-corrected chi connectivity index (χ1v) is 5.45. The first-order chi connectivity index (χ1) is 8.02. The van der Waals surface area contributed by atoms with Crippen LogP contribution in [0.3, 0.4) is 0 Å². The van der Waals surface area contributed by atoms with E-state index >= 15 is 0 Å². The van der Waals surface area contributed by atoms with Crippen LogP contribution in [0.25, 0.3) is 10.9 Å². The van der Waals surface area contributed by atoms with Gasteiger partial charge in [0.05, 0.1) is 23.3 Å². The number of fused-ring (bicyclic) bond motifs is 1. The third kappa shape index (κ3) is 2.08. The van der Waals surface area contributed by atoms with E-state index in [9.17, 15) is 4.79 Å². The Balaban J connectivity index is 2.66. The molecule has 0 spiro atoms. The summed E-state index contributed by atoms with van der Waals surface area (Å²) in [6.07, 6.45) is 0. The number of aryl methyl sites for hydroxylation is 1. The number of aromatic amines is 1. The van der Waals surface area contributed by atoms with Gasteiger partial charge >= 0.3 is 5.97 Å². The predicted molar refractivity (Wildman–Crippen MR) is 65.9 cm³/mol. The normalized spacial score (nSPS) is 10.6. The minimum atomic E-state index is -0.358. The van der Waals surface area contributed by atoms with Crippen LogP contribution in [0.4, 0.5) is 0 Å². The average molecular weight is 254 g/mol. The summed E-state index contributed by atoms with van der Waals surface area (Å²) in [4.78, 5) is 14.1. The Morgan fingerprint density at radius 1 is 1.41 bits per heavy atom. The number of ether oxygens (including phenoxy) is 2. The van der Waals surface area contributed by atoms with Gasteiger partial charge in [-0.05, 0) is 19.1 Å². The van der Waals surface area contributed by atoms with Crippen molar-refractivity contribution in [3.8, 4) is 11.5 Å². The monoisotopic (exact) mass is 253 g/mol. The lowest BCUT2D eigenvalue weighted by molar-refractivity contribution is -0.131. The highest BCUT2D eigenvalue weighted by Crippen LogP contribution is 2.36. The van der Waals surface area contributed by atoms with E-state index < -0.39 is 0 Å². The lowest BCUT2D eigenvalue weighted by Crippen LogP contribution is -2.01. The van der Waals surface area contributed by atoms with Gasteiger partial charge in [-0.15, -0.1) is 0 Å². The van der Waals surface area contributed by atoms with Crippen LogP contribution < -0.4 is 9.47 Å². The predicted octanol–water partition coefficient (Wildman–Crippen LogP) is 3.06. The molecule has 0 fully saturated rings. The lowest BCUT2D eigenvalue weighted by atomic mass is 10.2. The molecule has 90 valence electrons. The second-order valence-corrected chi connectivity index (χ2v) is 4.11. The Bertz CT molecular complexity index is 589. The molecule has 0 amide bonds. The minimum absolute atomic E-state index is 0.358. The van der Waals surface area contributed by atoms with Gasteiger partial charge in [-0.1, -0.05) is 11.6 Å². The second kappa shape index (κ2) is 4.30. The number of carbonyl (C=O) groups is 1. The topological polar surface area (TPSA) is 51.3 Å². The van der Waals surface area contributed by atoms with Gasteiger partial charge in [-0.3, -0.25) is 4.79 Å². The smallest absolute Gasteiger partial charge is 0.308 e. The summed E-state index contributed by atoms with van der Waals surface area (Å²) in [6, 6.07) is 3.50. The second-order valence-electron chi connectivity index (χ2n) is 3.71. The number of carbonyl (C=O) groups excluding carboxylic acids is 1. The maximum absolute atomic E-state index is 11.0. The number of nitrogens with one attached hydrogen (secondary N) is 1. The zero-order valence-corrected chi connectivity index (χ0v) is 10.5. The molecular formula is C12H12ClNO3. The summed E-state index contributed by atoms with van der Waals surface area (Å²) in [5.74, 6) is 0.706. The highest BCUT2D eigenvalue weighted by atomic mass is 35.5. The summed E-state index contributed by atoms with van der Waals surface area (Å²) in [7, 11) is 1.54. The van der Waals surface area contributed by atoms with Gasteiger partial charge in [0.25, 0.3) is 0 Å². The Labute approximate surface area is 103 Å². The number of rotatable bonds is 2. The van der Waals surface area contributed by atoms with Crippen LogP contribution in [0.15, 0.2) is 12.1 Å². The Morgan fingerprint density at radius 2 is 2.12 bits per heavy atom. The van der Waals surface area contributed by atoms with Crippen LogP contribution in [-0.4, -0.2) is 18.1 Å². The van der Waals surface area contributed by atoms with Crippen LogP contribution in [0.5, 0.6) is 11.5 Å². The molecule has 2 rings (SSSR count). The van der Waals surface area contributed by atoms with Crippen molar-refractivity contribution in [2.75, 3.05) is 7.11 Å². The molecule has 0 radical (unpaired) electrons. The van der Waals surface area contributed by atoms with E-state index in [-0.39, 0.29) is 5.97 Å². The van der Waals surface area contributed by atoms with Crippen LogP contribution in [0.1, 0.15) is 12.6 Å². The molecule has 0 aliphatic heterocycles. The van der Waals surface area contributed by atoms with Crippen LogP contribution in [0.2, 0.25) is 5.02 Å². The molecule has 17 heavy (non-hydrogen) atoms. The highest BCUT2D eigenvalue weighted by molar-refractivity contribution is 6.32. The fourth-order valence-electron chi connectivity index (χ4n) is 1.74. The maximum atomic E-state index is 11.0. The van der Waals surface area contributed by atoms with Crippen molar-refractivity contribution in [1.82, 2.24) is 4.98 Å². The fraction of sp³-hybridized carbons (Fsp3) is 0.250. The van der Waals surface area contributed by atoms with Gasteiger partial charge in [-0.2, -0.15) is 0 Å². The molecule has 0 bridgehead atoms. The van der Waals surface area contributed by atoms with E-state index in [2.05, 4.69) is 4.98 Å². The van der Waals surface area contributed by atoms with Gasteiger partial charge in [0.1, 0.15) is 5.75 Å². The average Bonchev–Trinajstić information content (AvgIpc) is 2.53.